The van der Waals surface area contributed by atoms with Crippen molar-refractivity contribution >= 4 is 17.9 Å². The fourth-order valence-electron chi connectivity index (χ4n) is 5.83. The molecular weight excluding hydrogens is 424 g/mol. The highest BCUT2D eigenvalue weighted by molar-refractivity contribution is 5.92. The van der Waals surface area contributed by atoms with E-state index in [1.807, 2.05) is 0 Å². The summed E-state index contributed by atoms with van der Waals surface area (Å²) in [5, 5.41) is 30.9. The first kappa shape index (κ1) is 22.9. The number of aliphatic hydroxyl groups excluding tert-OH is 2. The Hall–Kier alpha value is -2.27. The van der Waals surface area contributed by atoms with Crippen LogP contribution in [0.5, 0.6) is 0 Å². The van der Waals surface area contributed by atoms with Gasteiger partial charge in [-0.05, 0) is 19.9 Å². The predicted molar refractivity (Wildman–Crippen MR) is 106 cm³/mol. The zero-order chi connectivity index (χ0) is 23.6. The van der Waals surface area contributed by atoms with Gasteiger partial charge in [-0.25, -0.2) is 9.59 Å². The summed E-state index contributed by atoms with van der Waals surface area (Å²) in [5.41, 5.74) is -2.45. The molecule has 4 rings (SSSR count). The average Bonchev–Trinajstić information content (AvgIpc) is 3.26. The highest BCUT2D eigenvalue weighted by Gasteiger charge is 2.80. The molecule has 10 heteroatoms. The number of hydrogen-bond acceptors (Lipinski definition) is 10. The molecule has 4 aliphatic rings. The van der Waals surface area contributed by atoms with E-state index in [2.05, 4.69) is 6.58 Å². The number of hydrogen-bond donors (Lipinski definition) is 3. The van der Waals surface area contributed by atoms with Crippen LogP contribution in [-0.4, -0.2) is 82.1 Å². The Labute approximate surface area is 184 Å². The molecule has 0 amide bonds. The number of carbonyl (C=O) groups is 3. The molecule has 4 fully saturated rings. The third-order valence-electron chi connectivity index (χ3n) is 7.33. The van der Waals surface area contributed by atoms with E-state index in [4.69, 9.17) is 24.1 Å². The lowest BCUT2D eigenvalue weighted by Gasteiger charge is -2.40. The van der Waals surface area contributed by atoms with Gasteiger partial charge in [-0.1, -0.05) is 6.58 Å². The van der Waals surface area contributed by atoms with Crippen molar-refractivity contribution < 1.29 is 48.7 Å². The zero-order valence-electron chi connectivity index (χ0n) is 18.1. The van der Waals surface area contributed by atoms with Crippen LogP contribution in [0.3, 0.4) is 0 Å². The Kier molecular flexibility index (Phi) is 5.48. The second-order valence-corrected chi connectivity index (χ2v) is 9.25. The zero-order valence-corrected chi connectivity index (χ0v) is 18.1. The van der Waals surface area contributed by atoms with Crippen LogP contribution in [0.15, 0.2) is 23.8 Å². The van der Waals surface area contributed by atoms with Crippen molar-refractivity contribution in [3.8, 4) is 0 Å². The van der Waals surface area contributed by atoms with Gasteiger partial charge in [0.05, 0.1) is 24.7 Å². The largest absolute Gasteiger partial charge is 0.459 e. The number of epoxide rings is 1. The van der Waals surface area contributed by atoms with Gasteiger partial charge in [-0.15, -0.1) is 0 Å². The average molecular weight is 452 g/mol. The van der Waals surface area contributed by atoms with Crippen LogP contribution in [0.25, 0.3) is 0 Å². The van der Waals surface area contributed by atoms with Crippen molar-refractivity contribution in [2.24, 2.45) is 17.8 Å². The number of aliphatic hydroxyl groups is 3. The summed E-state index contributed by atoms with van der Waals surface area (Å²) in [4.78, 5) is 36.9. The monoisotopic (exact) mass is 452 g/mol. The van der Waals surface area contributed by atoms with Crippen LogP contribution in [0.2, 0.25) is 0 Å². The van der Waals surface area contributed by atoms with Crippen LogP contribution in [0, 0.1) is 17.8 Å². The minimum atomic E-state index is -1.82. The molecule has 0 spiro atoms. The van der Waals surface area contributed by atoms with Crippen LogP contribution in [0.1, 0.15) is 27.2 Å². The summed E-state index contributed by atoms with van der Waals surface area (Å²) in [6.07, 6.45) is -2.29. The molecule has 0 aromatic carbocycles. The quantitative estimate of drug-likeness (QED) is 0.213. The van der Waals surface area contributed by atoms with Crippen LogP contribution < -0.4 is 0 Å². The molecule has 0 bridgehead atoms. The van der Waals surface area contributed by atoms with Crippen LogP contribution >= 0.6 is 0 Å². The van der Waals surface area contributed by atoms with Crippen molar-refractivity contribution in [3.05, 3.63) is 23.8 Å². The summed E-state index contributed by atoms with van der Waals surface area (Å²) < 4.78 is 22.6. The minimum absolute atomic E-state index is 0.0919. The van der Waals surface area contributed by atoms with Crippen molar-refractivity contribution in [1.29, 1.82) is 0 Å². The first-order valence-electron chi connectivity index (χ1n) is 10.5. The van der Waals surface area contributed by atoms with Gasteiger partial charge in [-0.3, -0.25) is 4.79 Å². The van der Waals surface area contributed by atoms with E-state index in [1.165, 1.54) is 19.9 Å². The standard InChI is InChI=1S/C22H28O10/c1-9(5-6-23)19(26)30-12-7-22(28,8-24)15-14(16-13(12)10(2)20(27)31-16)21(4)18(32-21)17(15)29-11(3)25/h5,12-18,23-24,28H,2,6-8H2,1,3-4H3/b9-5+/t12-,13-,14+,15+,16-,17+,18-,21+,22+/m1/s1. The highest BCUT2D eigenvalue weighted by atomic mass is 16.7. The lowest BCUT2D eigenvalue weighted by Crippen LogP contribution is -2.53. The van der Waals surface area contributed by atoms with E-state index < -0.39 is 77.9 Å². The number of esters is 3. The molecule has 32 heavy (non-hydrogen) atoms. The maximum Gasteiger partial charge on any atom is 0.334 e. The van der Waals surface area contributed by atoms with E-state index in [0.717, 1.165) is 0 Å². The molecule has 3 N–H and O–H groups in total. The molecule has 2 aliphatic heterocycles. The Morgan fingerprint density at radius 2 is 1.94 bits per heavy atom. The van der Waals surface area contributed by atoms with Crippen molar-refractivity contribution in [2.75, 3.05) is 13.2 Å². The Balaban J connectivity index is 1.78. The molecule has 10 nitrogen and oxygen atoms in total. The van der Waals surface area contributed by atoms with Crippen molar-refractivity contribution in [2.45, 2.75) is 62.8 Å². The van der Waals surface area contributed by atoms with Gasteiger partial charge in [0.2, 0.25) is 0 Å². The van der Waals surface area contributed by atoms with Gasteiger partial charge in [-0.2, -0.15) is 0 Å². The van der Waals surface area contributed by atoms with Crippen LogP contribution in [-0.2, 0) is 33.3 Å². The Morgan fingerprint density at radius 1 is 1.25 bits per heavy atom. The number of fused-ring (bicyclic) bond motifs is 5. The van der Waals surface area contributed by atoms with Gasteiger partial charge in [0, 0.05) is 36.3 Å². The smallest absolute Gasteiger partial charge is 0.334 e. The van der Waals surface area contributed by atoms with E-state index >= 15 is 0 Å². The van der Waals surface area contributed by atoms with Gasteiger partial charge in [0.1, 0.15) is 30.0 Å². The summed E-state index contributed by atoms with van der Waals surface area (Å²) in [5.74, 6) is -4.22. The summed E-state index contributed by atoms with van der Waals surface area (Å²) >= 11 is 0. The van der Waals surface area contributed by atoms with Crippen molar-refractivity contribution in [3.63, 3.8) is 0 Å². The van der Waals surface area contributed by atoms with Crippen LogP contribution in [0.4, 0.5) is 0 Å². The lowest BCUT2D eigenvalue weighted by molar-refractivity contribution is -0.178. The molecule has 2 heterocycles. The Bertz CT molecular complexity index is 895. The molecule has 2 aliphatic carbocycles. The fraction of sp³-hybridized carbons (Fsp3) is 0.682. The number of carbonyl (C=O) groups excluding carboxylic acids is 3. The summed E-state index contributed by atoms with van der Waals surface area (Å²) in [6.45, 7) is 7.25. The predicted octanol–water partition coefficient (Wildman–Crippen LogP) is -0.603. The summed E-state index contributed by atoms with van der Waals surface area (Å²) in [7, 11) is 0. The Morgan fingerprint density at radius 3 is 2.53 bits per heavy atom. The SMILES string of the molecule is C=C1C(=O)O[C@@H]2[C@H]1[C@H](OC(=O)/C(C)=C/CO)C[C@](O)(CO)[C@@H]1[C@H](OC(C)=O)[C@H]3O[C@@]3(C)[C@H]21. The molecule has 0 aromatic rings. The molecule has 0 radical (unpaired) electrons. The third kappa shape index (κ3) is 3.28. The topological polar surface area (TPSA) is 152 Å². The van der Waals surface area contributed by atoms with E-state index in [0.29, 0.717) is 0 Å². The highest BCUT2D eigenvalue weighted by Crippen LogP contribution is 2.65. The first-order chi connectivity index (χ1) is 15.0. The number of rotatable bonds is 5. The number of ether oxygens (including phenoxy) is 4. The second-order valence-electron chi connectivity index (χ2n) is 9.25. The summed E-state index contributed by atoms with van der Waals surface area (Å²) in [6, 6.07) is 0. The van der Waals surface area contributed by atoms with Gasteiger partial charge in [0.15, 0.2) is 0 Å². The molecule has 176 valence electrons. The van der Waals surface area contributed by atoms with E-state index in [1.54, 1.807) is 6.92 Å². The molecule has 2 saturated carbocycles. The van der Waals surface area contributed by atoms with Gasteiger partial charge >= 0.3 is 17.9 Å². The van der Waals surface area contributed by atoms with Crippen molar-refractivity contribution in [1.82, 2.24) is 0 Å². The first-order valence-corrected chi connectivity index (χ1v) is 10.5. The third-order valence-corrected chi connectivity index (χ3v) is 7.33. The molecule has 0 unspecified atom stereocenters. The maximum absolute atomic E-state index is 12.6. The second kappa shape index (κ2) is 7.65. The lowest BCUT2D eigenvalue weighted by atomic mass is 9.74. The molecule has 9 atom stereocenters. The van der Waals surface area contributed by atoms with E-state index in [9.17, 15) is 24.6 Å². The molecule has 0 aromatic heterocycles. The van der Waals surface area contributed by atoms with Gasteiger partial charge < -0.3 is 34.3 Å². The minimum Gasteiger partial charge on any atom is -0.459 e. The maximum atomic E-state index is 12.6. The molecular formula is C22H28O10. The van der Waals surface area contributed by atoms with Gasteiger partial charge in [0.25, 0.3) is 0 Å². The molecule has 2 saturated heterocycles. The fourth-order valence-corrected chi connectivity index (χ4v) is 5.83. The normalized spacial score (nSPS) is 44.7. The van der Waals surface area contributed by atoms with E-state index in [-0.39, 0.29) is 24.2 Å².